The van der Waals surface area contributed by atoms with Gasteiger partial charge in [-0.25, -0.2) is 0 Å². The molecular weight excluding hydrogens is 232 g/mol. The molecule has 0 aliphatic rings. The molecule has 1 atom stereocenters. The number of hydrogen-bond acceptors (Lipinski definition) is 2. The molecule has 1 unspecified atom stereocenters. The zero-order chi connectivity index (χ0) is 14.3. The summed E-state index contributed by atoms with van der Waals surface area (Å²) in [7, 11) is 2.23. The molecule has 0 heterocycles. The van der Waals surface area contributed by atoms with Crippen LogP contribution in [0.25, 0.3) is 0 Å². The fourth-order valence-electron chi connectivity index (χ4n) is 2.22. The van der Waals surface area contributed by atoms with Crippen LogP contribution in [-0.2, 0) is 6.54 Å². The summed E-state index contributed by atoms with van der Waals surface area (Å²) in [4.78, 5) is 2.46. The third kappa shape index (κ3) is 6.22. The Morgan fingerprint density at radius 2 is 1.84 bits per heavy atom. The van der Waals surface area contributed by atoms with E-state index < -0.39 is 0 Å². The molecule has 0 bridgehead atoms. The van der Waals surface area contributed by atoms with Gasteiger partial charge in [-0.3, -0.25) is 4.90 Å². The van der Waals surface area contributed by atoms with Crippen molar-refractivity contribution >= 4 is 0 Å². The first-order valence-electron chi connectivity index (χ1n) is 7.49. The van der Waals surface area contributed by atoms with Crippen molar-refractivity contribution in [2.24, 2.45) is 0 Å². The molecule has 0 spiro atoms. The molecule has 108 valence electrons. The van der Waals surface area contributed by atoms with Crippen molar-refractivity contribution in [2.75, 3.05) is 13.6 Å². The van der Waals surface area contributed by atoms with Crippen LogP contribution in [0.4, 0.5) is 0 Å². The standard InChI is InChI=1S/C17H30N2/c1-14(2)18-12-8-10-16(4)19(5)13-17-11-7-6-9-15(17)3/h6-7,9,11,14,16,18H,8,10,12-13H2,1-5H3. The third-order valence-electron chi connectivity index (χ3n) is 3.78. The van der Waals surface area contributed by atoms with Crippen molar-refractivity contribution in [3.63, 3.8) is 0 Å². The second-order valence-corrected chi connectivity index (χ2v) is 5.94. The monoisotopic (exact) mass is 262 g/mol. The summed E-state index contributed by atoms with van der Waals surface area (Å²) in [6, 6.07) is 9.90. The molecular formula is C17H30N2. The van der Waals surface area contributed by atoms with E-state index >= 15 is 0 Å². The maximum atomic E-state index is 3.48. The first-order chi connectivity index (χ1) is 9.00. The molecule has 2 heteroatoms. The predicted molar refractivity (Wildman–Crippen MR) is 84.5 cm³/mol. The molecule has 19 heavy (non-hydrogen) atoms. The molecule has 0 fully saturated rings. The summed E-state index contributed by atoms with van der Waals surface area (Å²) in [5, 5.41) is 3.48. The number of nitrogens with one attached hydrogen (secondary N) is 1. The topological polar surface area (TPSA) is 15.3 Å². The molecule has 0 saturated carbocycles. The van der Waals surface area contributed by atoms with Crippen molar-refractivity contribution in [3.05, 3.63) is 35.4 Å². The highest BCUT2D eigenvalue weighted by atomic mass is 15.1. The largest absolute Gasteiger partial charge is 0.315 e. The molecule has 1 aromatic rings. The predicted octanol–water partition coefficient (Wildman–Crippen LogP) is 3.59. The van der Waals surface area contributed by atoms with Crippen LogP contribution in [-0.4, -0.2) is 30.6 Å². The SMILES string of the molecule is Cc1ccccc1CN(C)C(C)CCCNC(C)C. The lowest BCUT2D eigenvalue weighted by Gasteiger charge is -2.25. The number of benzene rings is 1. The first-order valence-corrected chi connectivity index (χ1v) is 7.49. The Balaban J connectivity index is 2.32. The van der Waals surface area contributed by atoms with Crippen LogP contribution < -0.4 is 5.32 Å². The second-order valence-electron chi connectivity index (χ2n) is 5.94. The van der Waals surface area contributed by atoms with Crippen LogP contribution in [0.2, 0.25) is 0 Å². The van der Waals surface area contributed by atoms with Crippen molar-refractivity contribution in [2.45, 2.75) is 59.2 Å². The fourth-order valence-corrected chi connectivity index (χ4v) is 2.22. The van der Waals surface area contributed by atoms with E-state index in [1.54, 1.807) is 0 Å². The Morgan fingerprint density at radius 3 is 2.47 bits per heavy atom. The zero-order valence-corrected chi connectivity index (χ0v) is 13.2. The number of aryl methyl sites for hydroxylation is 1. The van der Waals surface area contributed by atoms with Gasteiger partial charge in [-0.1, -0.05) is 38.1 Å². The summed E-state index contributed by atoms with van der Waals surface area (Å²) in [5.74, 6) is 0. The van der Waals surface area contributed by atoms with E-state index in [-0.39, 0.29) is 0 Å². The smallest absolute Gasteiger partial charge is 0.0236 e. The van der Waals surface area contributed by atoms with Crippen LogP contribution in [0.3, 0.4) is 0 Å². The quantitative estimate of drug-likeness (QED) is 0.720. The fraction of sp³-hybridized carbons (Fsp3) is 0.647. The Morgan fingerprint density at radius 1 is 1.16 bits per heavy atom. The molecule has 0 radical (unpaired) electrons. The number of nitrogens with zero attached hydrogens (tertiary/aromatic N) is 1. The lowest BCUT2D eigenvalue weighted by Crippen LogP contribution is -2.30. The van der Waals surface area contributed by atoms with Crippen LogP contribution in [0.1, 0.15) is 44.7 Å². The summed E-state index contributed by atoms with van der Waals surface area (Å²) < 4.78 is 0. The van der Waals surface area contributed by atoms with E-state index in [4.69, 9.17) is 0 Å². The van der Waals surface area contributed by atoms with Crippen LogP contribution >= 0.6 is 0 Å². The van der Waals surface area contributed by atoms with Crippen LogP contribution in [0, 0.1) is 6.92 Å². The van der Waals surface area contributed by atoms with Gasteiger partial charge < -0.3 is 5.32 Å². The highest BCUT2D eigenvalue weighted by molar-refractivity contribution is 5.25. The Kier molecular flexibility index (Phi) is 7.11. The maximum absolute atomic E-state index is 3.48. The summed E-state index contributed by atoms with van der Waals surface area (Å²) in [5.41, 5.74) is 2.83. The minimum Gasteiger partial charge on any atom is -0.315 e. The Bertz CT molecular complexity index is 360. The normalized spacial score (nSPS) is 13.2. The van der Waals surface area contributed by atoms with Crippen molar-refractivity contribution in [1.82, 2.24) is 10.2 Å². The van der Waals surface area contributed by atoms with Gasteiger partial charge in [-0.15, -0.1) is 0 Å². The van der Waals surface area contributed by atoms with E-state index in [1.807, 2.05) is 0 Å². The number of hydrogen-bond donors (Lipinski definition) is 1. The molecule has 0 saturated heterocycles. The van der Waals surface area contributed by atoms with E-state index in [0.717, 1.165) is 13.1 Å². The molecule has 0 aliphatic carbocycles. The minimum absolute atomic E-state index is 0.597. The van der Waals surface area contributed by atoms with E-state index in [9.17, 15) is 0 Å². The average molecular weight is 262 g/mol. The van der Waals surface area contributed by atoms with Crippen molar-refractivity contribution in [1.29, 1.82) is 0 Å². The van der Waals surface area contributed by atoms with Crippen LogP contribution in [0.5, 0.6) is 0 Å². The third-order valence-corrected chi connectivity index (χ3v) is 3.78. The molecule has 1 aromatic carbocycles. The van der Waals surface area contributed by atoms with Gasteiger partial charge >= 0.3 is 0 Å². The lowest BCUT2D eigenvalue weighted by atomic mass is 10.1. The molecule has 2 nitrogen and oxygen atoms in total. The van der Waals surface area contributed by atoms with Gasteiger partial charge in [-0.05, 0) is 51.4 Å². The molecule has 1 N–H and O–H groups in total. The average Bonchev–Trinajstić information content (AvgIpc) is 2.36. The van der Waals surface area contributed by atoms with Crippen molar-refractivity contribution < 1.29 is 0 Å². The van der Waals surface area contributed by atoms with E-state index in [1.165, 1.54) is 24.0 Å². The highest BCUT2D eigenvalue weighted by Crippen LogP contribution is 2.13. The van der Waals surface area contributed by atoms with E-state index in [0.29, 0.717) is 12.1 Å². The van der Waals surface area contributed by atoms with Gasteiger partial charge in [0, 0.05) is 18.6 Å². The Hall–Kier alpha value is -0.860. The molecule has 1 rings (SSSR count). The first kappa shape index (κ1) is 16.2. The van der Waals surface area contributed by atoms with Gasteiger partial charge in [0.15, 0.2) is 0 Å². The van der Waals surface area contributed by atoms with Crippen molar-refractivity contribution in [3.8, 4) is 0 Å². The maximum Gasteiger partial charge on any atom is 0.0236 e. The summed E-state index contributed by atoms with van der Waals surface area (Å²) >= 11 is 0. The molecule has 0 aromatic heterocycles. The molecule has 0 aliphatic heterocycles. The summed E-state index contributed by atoms with van der Waals surface area (Å²) in [6.45, 7) is 11.1. The van der Waals surface area contributed by atoms with Gasteiger partial charge in [-0.2, -0.15) is 0 Å². The minimum atomic E-state index is 0.597. The highest BCUT2D eigenvalue weighted by Gasteiger charge is 2.10. The lowest BCUT2D eigenvalue weighted by molar-refractivity contribution is 0.233. The van der Waals surface area contributed by atoms with E-state index in [2.05, 4.69) is 69.2 Å². The van der Waals surface area contributed by atoms with Crippen LogP contribution in [0.15, 0.2) is 24.3 Å². The summed E-state index contributed by atoms with van der Waals surface area (Å²) in [6.07, 6.45) is 2.50. The van der Waals surface area contributed by atoms with Gasteiger partial charge in [0.2, 0.25) is 0 Å². The Labute approximate surface area is 119 Å². The zero-order valence-electron chi connectivity index (χ0n) is 13.2. The van der Waals surface area contributed by atoms with Gasteiger partial charge in [0.25, 0.3) is 0 Å². The van der Waals surface area contributed by atoms with Gasteiger partial charge in [0.05, 0.1) is 0 Å². The van der Waals surface area contributed by atoms with Gasteiger partial charge in [0.1, 0.15) is 0 Å². The second kappa shape index (κ2) is 8.34. The molecule has 0 amide bonds. The number of rotatable bonds is 8.